The van der Waals surface area contributed by atoms with E-state index in [2.05, 4.69) is 42.7 Å². The van der Waals surface area contributed by atoms with Gasteiger partial charge in [0.1, 0.15) is 0 Å². The van der Waals surface area contributed by atoms with Gasteiger partial charge in [-0.2, -0.15) is 18.3 Å². The topological polar surface area (TPSA) is 42.2 Å². The third-order valence-electron chi connectivity index (χ3n) is 4.10. The van der Waals surface area contributed by atoms with Gasteiger partial charge < -0.3 is 4.57 Å². The zero-order valence-electron chi connectivity index (χ0n) is 14.9. The van der Waals surface area contributed by atoms with Crippen LogP contribution in [0.1, 0.15) is 22.5 Å². The van der Waals surface area contributed by atoms with Crippen LogP contribution in [0.4, 0.5) is 19.0 Å². The van der Waals surface area contributed by atoms with Crippen LogP contribution >= 0.6 is 34.2 Å². The number of halogens is 5. The fourth-order valence-electron chi connectivity index (χ4n) is 2.74. The number of hydrazone groups is 1. The Morgan fingerprint density at radius 2 is 1.86 bits per heavy atom. The molecule has 4 nitrogen and oxygen atoms in total. The smallest absolute Gasteiger partial charge is 0.318 e. The lowest BCUT2D eigenvalue weighted by atomic mass is 10.2. The minimum absolute atomic E-state index is 0.0531. The predicted molar refractivity (Wildman–Crippen MR) is 113 cm³/mol. The molecular weight excluding hydrogens is 504 g/mol. The second-order valence-corrected chi connectivity index (χ2v) is 7.71. The summed E-state index contributed by atoms with van der Waals surface area (Å²) < 4.78 is 41.3. The zero-order chi connectivity index (χ0) is 20.5. The highest BCUT2D eigenvalue weighted by Gasteiger charge is 2.31. The van der Waals surface area contributed by atoms with E-state index in [9.17, 15) is 13.2 Å². The highest BCUT2D eigenvalue weighted by molar-refractivity contribution is 14.1. The molecule has 1 aromatic carbocycles. The first kappa shape index (κ1) is 20.7. The standard InChI is InChI=1S/C19H15ClF3IN4/c1-11-7-13(12(2)28(11)16-5-3-15(24)4-6-16)9-26-27-18-17(20)8-14(10-25-18)19(21,22)23/h3-10H,1-2H3,(H,25,27)/b26-9-. The molecule has 1 N–H and O–H groups in total. The van der Waals surface area contributed by atoms with Crippen molar-refractivity contribution in [2.75, 3.05) is 5.43 Å². The van der Waals surface area contributed by atoms with E-state index in [0.717, 1.165) is 32.3 Å². The van der Waals surface area contributed by atoms with Crippen molar-refractivity contribution in [3.05, 3.63) is 73.7 Å². The van der Waals surface area contributed by atoms with Crippen LogP contribution in [0.3, 0.4) is 0 Å². The highest BCUT2D eigenvalue weighted by Crippen LogP contribution is 2.32. The molecule has 0 amide bonds. The summed E-state index contributed by atoms with van der Waals surface area (Å²) in [6.07, 6.45) is -2.20. The summed E-state index contributed by atoms with van der Waals surface area (Å²) in [6.45, 7) is 3.96. The van der Waals surface area contributed by atoms with Crippen LogP contribution < -0.4 is 5.43 Å². The number of benzene rings is 1. The molecule has 0 radical (unpaired) electrons. The first-order chi connectivity index (χ1) is 13.2. The van der Waals surface area contributed by atoms with Gasteiger partial charge in [-0.25, -0.2) is 4.98 Å². The van der Waals surface area contributed by atoms with Crippen molar-refractivity contribution >= 4 is 46.2 Å². The second-order valence-electron chi connectivity index (χ2n) is 6.06. The van der Waals surface area contributed by atoms with Crippen LogP contribution in [0.5, 0.6) is 0 Å². The molecule has 0 spiro atoms. The van der Waals surface area contributed by atoms with Gasteiger partial charge in [0.25, 0.3) is 0 Å². The monoisotopic (exact) mass is 518 g/mol. The molecule has 0 unspecified atom stereocenters. The fourth-order valence-corrected chi connectivity index (χ4v) is 3.31. The van der Waals surface area contributed by atoms with Gasteiger partial charge >= 0.3 is 6.18 Å². The fraction of sp³-hybridized carbons (Fsp3) is 0.158. The Morgan fingerprint density at radius 3 is 2.46 bits per heavy atom. The molecule has 0 saturated heterocycles. The molecule has 2 aromatic heterocycles. The van der Waals surface area contributed by atoms with Crippen LogP contribution in [0, 0.1) is 17.4 Å². The summed E-state index contributed by atoms with van der Waals surface area (Å²) in [6, 6.07) is 10.9. The number of pyridine rings is 1. The van der Waals surface area contributed by atoms with Gasteiger partial charge in [-0.1, -0.05) is 11.6 Å². The number of hydrogen-bond donors (Lipinski definition) is 1. The molecule has 0 aliphatic carbocycles. The summed E-state index contributed by atoms with van der Waals surface area (Å²) in [5.41, 5.74) is 5.60. The minimum Gasteiger partial charge on any atom is -0.318 e. The molecule has 146 valence electrons. The Bertz CT molecular complexity index is 1030. The van der Waals surface area contributed by atoms with E-state index in [1.807, 2.05) is 44.2 Å². The molecule has 3 aromatic rings. The van der Waals surface area contributed by atoms with Gasteiger partial charge in [-0.05, 0) is 72.8 Å². The summed E-state index contributed by atoms with van der Waals surface area (Å²) in [7, 11) is 0. The Balaban J connectivity index is 1.80. The lowest BCUT2D eigenvalue weighted by Gasteiger charge is -2.09. The Morgan fingerprint density at radius 1 is 1.18 bits per heavy atom. The van der Waals surface area contributed by atoms with Crippen LogP contribution in [0.2, 0.25) is 5.02 Å². The zero-order valence-corrected chi connectivity index (χ0v) is 17.8. The Kier molecular flexibility index (Phi) is 5.99. The molecule has 0 bridgehead atoms. The van der Waals surface area contributed by atoms with Gasteiger partial charge in [0.05, 0.1) is 16.8 Å². The number of nitrogens with one attached hydrogen (secondary N) is 1. The minimum atomic E-state index is -4.49. The van der Waals surface area contributed by atoms with Crippen molar-refractivity contribution in [2.24, 2.45) is 5.10 Å². The summed E-state index contributed by atoms with van der Waals surface area (Å²) in [5, 5.41) is 3.91. The number of rotatable bonds is 4. The number of anilines is 1. The van der Waals surface area contributed by atoms with Crippen molar-refractivity contribution < 1.29 is 13.2 Å². The van der Waals surface area contributed by atoms with Crippen molar-refractivity contribution in [3.8, 4) is 5.69 Å². The Hall–Kier alpha value is -2.07. The van der Waals surface area contributed by atoms with Crippen LogP contribution in [0.25, 0.3) is 5.69 Å². The molecule has 0 atom stereocenters. The summed E-state index contributed by atoms with van der Waals surface area (Å²) in [4.78, 5) is 3.69. The Labute approximate surface area is 178 Å². The van der Waals surface area contributed by atoms with E-state index >= 15 is 0 Å². The first-order valence-electron chi connectivity index (χ1n) is 8.13. The number of aryl methyl sites for hydroxylation is 1. The number of aromatic nitrogens is 2. The highest BCUT2D eigenvalue weighted by atomic mass is 127. The second kappa shape index (κ2) is 8.12. The van der Waals surface area contributed by atoms with Gasteiger partial charge in [-0.15, -0.1) is 0 Å². The van der Waals surface area contributed by atoms with Crippen LogP contribution in [0.15, 0.2) is 47.7 Å². The quantitative estimate of drug-likeness (QED) is 0.253. The molecule has 0 aliphatic heterocycles. The maximum absolute atomic E-state index is 12.7. The largest absolute Gasteiger partial charge is 0.417 e. The molecule has 28 heavy (non-hydrogen) atoms. The van der Waals surface area contributed by atoms with E-state index in [4.69, 9.17) is 11.6 Å². The molecule has 0 aliphatic rings. The van der Waals surface area contributed by atoms with E-state index in [1.54, 1.807) is 6.21 Å². The lowest BCUT2D eigenvalue weighted by Crippen LogP contribution is -2.06. The van der Waals surface area contributed by atoms with E-state index in [1.165, 1.54) is 0 Å². The summed E-state index contributed by atoms with van der Waals surface area (Å²) >= 11 is 8.12. The van der Waals surface area contributed by atoms with Crippen LogP contribution in [-0.4, -0.2) is 15.8 Å². The molecule has 2 heterocycles. The van der Waals surface area contributed by atoms with Crippen molar-refractivity contribution in [3.63, 3.8) is 0 Å². The van der Waals surface area contributed by atoms with Crippen molar-refractivity contribution in [1.82, 2.24) is 9.55 Å². The van der Waals surface area contributed by atoms with Crippen molar-refractivity contribution in [1.29, 1.82) is 0 Å². The molecule has 0 saturated carbocycles. The third kappa shape index (κ3) is 4.49. The number of alkyl halides is 3. The average Bonchev–Trinajstić information content (AvgIpc) is 2.90. The summed E-state index contributed by atoms with van der Waals surface area (Å²) in [5.74, 6) is 0.0531. The molecule has 3 rings (SSSR count). The predicted octanol–water partition coefficient (Wildman–Crippen LogP) is 6.21. The van der Waals surface area contributed by atoms with E-state index in [-0.39, 0.29) is 10.8 Å². The number of hydrogen-bond acceptors (Lipinski definition) is 3. The molecular formula is C19H15ClF3IN4. The third-order valence-corrected chi connectivity index (χ3v) is 5.10. The average molecular weight is 519 g/mol. The number of nitrogens with zero attached hydrogens (tertiary/aromatic N) is 3. The maximum atomic E-state index is 12.7. The van der Waals surface area contributed by atoms with Crippen molar-refractivity contribution in [2.45, 2.75) is 20.0 Å². The van der Waals surface area contributed by atoms with E-state index in [0.29, 0.717) is 6.20 Å². The van der Waals surface area contributed by atoms with Gasteiger partial charge in [0, 0.05) is 32.4 Å². The lowest BCUT2D eigenvalue weighted by molar-refractivity contribution is -0.137. The first-order valence-corrected chi connectivity index (χ1v) is 9.59. The maximum Gasteiger partial charge on any atom is 0.417 e. The van der Waals surface area contributed by atoms with Gasteiger partial charge in [-0.3, -0.25) is 5.43 Å². The van der Waals surface area contributed by atoms with E-state index < -0.39 is 11.7 Å². The van der Waals surface area contributed by atoms with Gasteiger partial charge in [0.15, 0.2) is 5.82 Å². The molecule has 9 heteroatoms. The van der Waals surface area contributed by atoms with Crippen LogP contribution in [-0.2, 0) is 6.18 Å². The molecule has 0 fully saturated rings. The van der Waals surface area contributed by atoms with Gasteiger partial charge in [0.2, 0.25) is 0 Å². The normalized spacial score (nSPS) is 12.0. The SMILES string of the molecule is Cc1cc(/C=N\Nc2ncc(C(F)(F)F)cc2Cl)c(C)n1-c1ccc(I)cc1.